The van der Waals surface area contributed by atoms with Crippen LogP contribution in [0.15, 0.2) is 170 Å². The summed E-state index contributed by atoms with van der Waals surface area (Å²) in [6.07, 6.45) is 99.8. The average Bonchev–Trinajstić information content (AvgIpc) is 0.941. The van der Waals surface area contributed by atoms with Crippen molar-refractivity contribution in [1.29, 1.82) is 0 Å². The molecule has 0 spiro atoms. The smallest absolute Gasteiger partial charge is 0.463 e. The Kier molecular flexibility index (Phi) is 74.7. The number of phosphoric ester groups is 2. The highest BCUT2D eigenvalue weighted by atomic mass is 31.2. The van der Waals surface area contributed by atoms with Crippen LogP contribution in [0.4, 0.5) is 0 Å². The summed E-state index contributed by atoms with van der Waals surface area (Å²) in [6, 6.07) is 0. The lowest BCUT2D eigenvalue weighted by molar-refractivity contribution is -0.161. The molecular weight excluding hydrogens is 1360 g/mol. The maximum atomic E-state index is 13.0. The molecule has 105 heavy (non-hydrogen) atoms. The normalized spacial score (nSPS) is 14.8. The van der Waals surface area contributed by atoms with Crippen LogP contribution in [-0.2, 0) is 55.8 Å². The van der Waals surface area contributed by atoms with Crippen molar-refractivity contribution >= 4 is 33.6 Å². The average molecular weight is 1510 g/mol. The first-order valence-electron chi connectivity index (χ1n) is 40.4. The van der Waals surface area contributed by atoms with Crippen LogP contribution >= 0.6 is 15.6 Å². The molecule has 0 aliphatic rings. The second-order valence-corrected chi connectivity index (χ2v) is 29.4. The van der Waals surface area contributed by atoms with Crippen molar-refractivity contribution in [3.05, 3.63) is 170 Å². The van der Waals surface area contributed by atoms with Crippen molar-refractivity contribution in [3.8, 4) is 0 Å². The van der Waals surface area contributed by atoms with Crippen molar-refractivity contribution in [1.82, 2.24) is 0 Å². The van der Waals surface area contributed by atoms with E-state index in [-0.39, 0.29) is 19.3 Å². The van der Waals surface area contributed by atoms with Gasteiger partial charge in [0.2, 0.25) is 0 Å². The summed E-state index contributed by atoms with van der Waals surface area (Å²) in [6.45, 7) is 2.34. The second kappa shape index (κ2) is 78.5. The highest BCUT2D eigenvalue weighted by molar-refractivity contribution is 7.47. The monoisotopic (exact) mass is 1510 g/mol. The van der Waals surface area contributed by atoms with Crippen LogP contribution in [0, 0.1) is 0 Å². The standard InChI is InChI=1S/C87H144O16P2/c1-4-7-10-13-16-19-22-25-28-31-33-35-37-38-39-40-41-42-44-46-47-50-52-55-58-61-64-67-70-73-85(90)97-76-82(88)77-99-104(93,94)100-78-83(89)79-101-105(95,96)102-81-84(103-87(92)75-72-69-66-63-60-57-54-49-30-27-24-21-18-15-12-9-6-3)80-98-86(91)74-71-68-65-62-59-56-53-51-48-45-43-36-34-32-29-26-23-20-17-14-11-8-5-2/h7,9-10,12,16-21,25-30,33-36,38-39,45,48,54,57,63,66,82-84,88-89H,4-6,8,11,13-15,22-24,31-32,37,40-44,46-47,49-53,55-56,58-62,64-65,67-81H2,1-3H3,(H,93,94)(H,95,96)/b10-7-,12-9-,19-16-,20-17-,21-18-,28-25-,29-26-,30-27-,35-33-,36-34-,39-38-,48-45-,57-54-,66-63-. The number of carbonyl (C=O) groups excluding carboxylic acids is 3. The number of aliphatic hydroxyl groups excluding tert-OH is 2. The van der Waals surface area contributed by atoms with Crippen LogP contribution < -0.4 is 0 Å². The zero-order valence-electron chi connectivity index (χ0n) is 65.3. The summed E-state index contributed by atoms with van der Waals surface area (Å²) in [5.74, 6) is -1.66. The van der Waals surface area contributed by atoms with E-state index in [0.717, 1.165) is 154 Å². The zero-order valence-corrected chi connectivity index (χ0v) is 67.1. The Morgan fingerprint density at radius 3 is 0.829 bits per heavy atom. The molecule has 0 aliphatic heterocycles. The Labute approximate surface area is 637 Å². The minimum atomic E-state index is -4.96. The van der Waals surface area contributed by atoms with Gasteiger partial charge in [0.05, 0.1) is 26.4 Å². The Morgan fingerprint density at radius 1 is 0.276 bits per heavy atom. The zero-order chi connectivity index (χ0) is 76.6. The van der Waals surface area contributed by atoms with E-state index < -0.39 is 91.5 Å². The first-order chi connectivity index (χ1) is 51.2. The molecule has 0 bridgehead atoms. The third kappa shape index (κ3) is 79.8. The molecule has 0 saturated carbocycles. The molecule has 0 fully saturated rings. The third-order valence-corrected chi connectivity index (χ3v) is 18.3. The van der Waals surface area contributed by atoms with Gasteiger partial charge in [0.25, 0.3) is 0 Å². The first-order valence-corrected chi connectivity index (χ1v) is 43.4. The van der Waals surface area contributed by atoms with Crippen molar-refractivity contribution in [2.45, 2.75) is 322 Å². The van der Waals surface area contributed by atoms with E-state index in [4.69, 9.17) is 32.3 Å². The van der Waals surface area contributed by atoms with Crippen LogP contribution in [0.5, 0.6) is 0 Å². The van der Waals surface area contributed by atoms with Crippen LogP contribution in [-0.4, -0.2) is 95.9 Å². The number of ether oxygens (including phenoxy) is 3. The molecule has 0 heterocycles. The number of phosphoric acid groups is 2. The Morgan fingerprint density at radius 2 is 0.514 bits per heavy atom. The molecule has 5 atom stereocenters. The summed E-state index contributed by atoms with van der Waals surface area (Å²) >= 11 is 0. The number of carbonyl (C=O) groups is 3. The lowest BCUT2D eigenvalue weighted by Gasteiger charge is -2.21. The van der Waals surface area contributed by atoms with Gasteiger partial charge in [-0.25, -0.2) is 9.13 Å². The third-order valence-electron chi connectivity index (χ3n) is 16.4. The number of allylic oxidation sites excluding steroid dienone is 28. The maximum Gasteiger partial charge on any atom is 0.472 e. The van der Waals surface area contributed by atoms with Crippen LogP contribution in [0.3, 0.4) is 0 Å². The van der Waals surface area contributed by atoms with Gasteiger partial charge in [-0.1, -0.05) is 306 Å². The highest BCUT2D eigenvalue weighted by Gasteiger charge is 2.29. The van der Waals surface area contributed by atoms with Crippen molar-refractivity contribution in [2.75, 3.05) is 39.6 Å². The van der Waals surface area contributed by atoms with Crippen molar-refractivity contribution in [3.63, 3.8) is 0 Å². The summed E-state index contributed by atoms with van der Waals surface area (Å²) in [7, 11) is -9.83. The largest absolute Gasteiger partial charge is 0.472 e. The van der Waals surface area contributed by atoms with Crippen LogP contribution in [0.2, 0.25) is 0 Å². The number of aliphatic hydroxyl groups is 2. The Bertz CT molecular complexity index is 2590. The molecule has 4 N–H and O–H groups in total. The Balaban J connectivity index is 4.62. The first kappa shape index (κ1) is 99.9. The predicted molar refractivity (Wildman–Crippen MR) is 435 cm³/mol. The molecule has 0 aromatic rings. The lowest BCUT2D eigenvalue weighted by Crippen LogP contribution is -2.30. The molecule has 0 amide bonds. The van der Waals surface area contributed by atoms with Crippen LogP contribution in [0.1, 0.15) is 303 Å². The lowest BCUT2D eigenvalue weighted by atomic mass is 10.0. The van der Waals surface area contributed by atoms with Gasteiger partial charge in [0.15, 0.2) is 6.10 Å². The summed E-state index contributed by atoms with van der Waals surface area (Å²) in [5.41, 5.74) is 0. The number of hydrogen-bond acceptors (Lipinski definition) is 14. The van der Waals surface area contributed by atoms with Gasteiger partial charge in [0, 0.05) is 19.3 Å². The number of unbranched alkanes of at least 4 members (excludes halogenated alkanes) is 24. The molecule has 0 aromatic carbocycles. The summed E-state index contributed by atoms with van der Waals surface area (Å²) < 4.78 is 61.1. The van der Waals surface area contributed by atoms with Gasteiger partial charge in [-0.2, -0.15) is 0 Å². The van der Waals surface area contributed by atoms with Gasteiger partial charge < -0.3 is 34.2 Å². The molecule has 0 aliphatic carbocycles. The maximum absolute atomic E-state index is 13.0. The van der Waals surface area contributed by atoms with Gasteiger partial charge in [-0.05, 0) is 148 Å². The fourth-order valence-electron chi connectivity index (χ4n) is 10.3. The molecule has 18 heteroatoms. The van der Waals surface area contributed by atoms with Gasteiger partial charge in [-0.3, -0.25) is 32.5 Å². The molecular formula is C87H144O16P2. The van der Waals surface area contributed by atoms with Crippen LogP contribution in [0.25, 0.3) is 0 Å². The molecule has 0 radical (unpaired) electrons. The van der Waals surface area contributed by atoms with E-state index in [1.807, 2.05) is 12.2 Å². The molecule has 0 rings (SSSR count). The highest BCUT2D eigenvalue weighted by Crippen LogP contribution is 2.45. The van der Waals surface area contributed by atoms with Gasteiger partial charge >= 0.3 is 33.6 Å². The topological polar surface area (TPSA) is 231 Å². The van der Waals surface area contributed by atoms with Gasteiger partial charge in [0.1, 0.15) is 25.4 Å². The van der Waals surface area contributed by atoms with Crippen molar-refractivity contribution < 1.29 is 75.8 Å². The van der Waals surface area contributed by atoms with E-state index in [0.29, 0.717) is 25.7 Å². The summed E-state index contributed by atoms with van der Waals surface area (Å²) in [5, 5.41) is 20.7. The minimum absolute atomic E-state index is 0.0182. The quantitative estimate of drug-likeness (QED) is 0.0146. The SMILES string of the molecule is CC/C=C\C/C=C\C/C=C\C/C=C\C/C=C\CCCCCCCCCCCCCCCC(=O)OCC(O)COP(=O)(O)OCC(O)COP(=O)(O)OCC(COC(=O)CCCCCCCCC/C=C\C/C=C\C/C=C\C/C=C\CCCCC)OC(=O)CCC/C=C\C/C=C\C/C=C\C/C=C\C/C=C\CC. The Hall–Kier alpha value is -5.09. The fraction of sp³-hybridized carbons (Fsp3) is 0.644. The predicted octanol–water partition coefficient (Wildman–Crippen LogP) is 24.0. The summed E-state index contributed by atoms with van der Waals surface area (Å²) in [4.78, 5) is 58.7. The molecule has 0 aromatic heterocycles. The van der Waals surface area contributed by atoms with E-state index in [1.165, 1.54) is 83.5 Å². The fourth-order valence-corrected chi connectivity index (χ4v) is 11.9. The van der Waals surface area contributed by atoms with E-state index in [2.05, 4.69) is 179 Å². The molecule has 5 unspecified atom stereocenters. The number of hydrogen-bond donors (Lipinski definition) is 4. The number of rotatable bonds is 75. The minimum Gasteiger partial charge on any atom is -0.463 e. The van der Waals surface area contributed by atoms with E-state index in [9.17, 15) is 43.5 Å². The van der Waals surface area contributed by atoms with Gasteiger partial charge in [-0.15, -0.1) is 0 Å². The molecule has 0 saturated heterocycles. The second-order valence-electron chi connectivity index (χ2n) is 26.5. The number of esters is 3. The molecule has 598 valence electrons. The van der Waals surface area contributed by atoms with Crippen molar-refractivity contribution in [2.24, 2.45) is 0 Å². The van der Waals surface area contributed by atoms with E-state index in [1.54, 1.807) is 0 Å². The molecule has 16 nitrogen and oxygen atoms in total. The van der Waals surface area contributed by atoms with E-state index >= 15 is 0 Å².